The van der Waals surface area contributed by atoms with Crippen molar-refractivity contribution in [3.05, 3.63) is 59.1 Å². The van der Waals surface area contributed by atoms with E-state index in [-0.39, 0.29) is 31.1 Å². The number of halogens is 1. The van der Waals surface area contributed by atoms with E-state index in [4.69, 9.17) is 21.1 Å². The standard InChI is InChI=1S/C20H22ClN3O4/c1-14(2)23-19(25)12-27-17-7-3-15(4-8-17)11-22-24-20(26)13-28-18-9-5-16(21)6-10-18/h3-11,14H,12-13H2,1-2H3,(H,23,25)(H,24,26)/b22-11-. The van der Waals surface area contributed by atoms with Crippen molar-refractivity contribution in [2.24, 2.45) is 5.10 Å². The van der Waals surface area contributed by atoms with Gasteiger partial charge in [0.2, 0.25) is 0 Å². The monoisotopic (exact) mass is 403 g/mol. The Balaban J connectivity index is 1.72. The molecule has 2 rings (SSSR count). The molecule has 0 fully saturated rings. The second-order valence-electron chi connectivity index (χ2n) is 6.12. The smallest absolute Gasteiger partial charge is 0.277 e. The number of benzene rings is 2. The molecular weight excluding hydrogens is 382 g/mol. The van der Waals surface area contributed by atoms with Gasteiger partial charge >= 0.3 is 0 Å². The fourth-order valence-electron chi connectivity index (χ4n) is 2.05. The highest BCUT2D eigenvalue weighted by atomic mass is 35.5. The van der Waals surface area contributed by atoms with Crippen LogP contribution in [0, 0.1) is 0 Å². The molecule has 7 nitrogen and oxygen atoms in total. The molecule has 0 aliphatic rings. The number of hydrogen-bond donors (Lipinski definition) is 2. The van der Waals surface area contributed by atoms with Gasteiger partial charge in [-0.05, 0) is 67.9 Å². The Hall–Kier alpha value is -3.06. The van der Waals surface area contributed by atoms with Crippen LogP contribution in [0.2, 0.25) is 5.02 Å². The van der Waals surface area contributed by atoms with Crippen molar-refractivity contribution in [2.45, 2.75) is 19.9 Å². The van der Waals surface area contributed by atoms with E-state index < -0.39 is 0 Å². The molecule has 2 aromatic carbocycles. The third-order valence-corrected chi connectivity index (χ3v) is 3.54. The lowest BCUT2D eigenvalue weighted by atomic mass is 10.2. The Morgan fingerprint density at radius 1 is 0.964 bits per heavy atom. The predicted octanol–water partition coefficient (Wildman–Crippen LogP) is 2.77. The fourth-order valence-corrected chi connectivity index (χ4v) is 2.18. The van der Waals surface area contributed by atoms with Crippen LogP contribution in [0.5, 0.6) is 11.5 Å². The summed E-state index contributed by atoms with van der Waals surface area (Å²) in [5.41, 5.74) is 3.14. The third kappa shape index (κ3) is 8.09. The van der Waals surface area contributed by atoms with Gasteiger partial charge in [0.1, 0.15) is 11.5 Å². The third-order valence-electron chi connectivity index (χ3n) is 3.29. The van der Waals surface area contributed by atoms with E-state index in [1.165, 1.54) is 6.21 Å². The quantitative estimate of drug-likeness (QED) is 0.497. The summed E-state index contributed by atoms with van der Waals surface area (Å²) in [5, 5.41) is 7.21. The number of carbonyl (C=O) groups is 2. The van der Waals surface area contributed by atoms with Crippen LogP contribution < -0.4 is 20.2 Å². The first-order valence-corrected chi connectivity index (χ1v) is 9.02. The predicted molar refractivity (Wildman–Crippen MR) is 108 cm³/mol. The van der Waals surface area contributed by atoms with Crippen molar-refractivity contribution in [1.29, 1.82) is 0 Å². The average molecular weight is 404 g/mol. The summed E-state index contributed by atoms with van der Waals surface area (Å²) in [6.07, 6.45) is 1.50. The highest BCUT2D eigenvalue weighted by Gasteiger charge is 2.04. The number of rotatable bonds is 9. The lowest BCUT2D eigenvalue weighted by Crippen LogP contribution is -2.34. The van der Waals surface area contributed by atoms with Gasteiger partial charge in [-0.2, -0.15) is 5.10 Å². The van der Waals surface area contributed by atoms with E-state index in [2.05, 4.69) is 15.8 Å². The number of nitrogens with zero attached hydrogens (tertiary/aromatic N) is 1. The SMILES string of the molecule is CC(C)NC(=O)COc1ccc(/C=N\NC(=O)COc2ccc(Cl)cc2)cc1. The minimum atomic E-state index is -0.387. The Morgan fingerprint density at radius 3 is 2.07 bits per heavy atom. The molecule has 0 saturated heterocycles. The molecule has 148 valence electrons. The first-order chi connectivity index (χ1) is 13.4. The summed E-state index contributed by atoms with van der Waals surface area (Å²) < 4.78 is 10.7. The second-order valence-corrected chi connectivity index (χ2v) is 6.55. The molecule has 2 N–H and O–H groups in total. The van der Waals surface area contributed by atoms with E-state index in [0.717, 1.165) is 5.56 Å². The molecule has 0 saturated carbocycles. The molecule has 8 heteroatoms. The Morgan fingerprint density at radius 2 is 1.50 bits per heavy atom. The maximum atomic E-state index is 11.7. The van der Waals surface area contributed by atoms with Crippen LogP contribution >= 0.6 is 11.6 Å². The summed E-state index contributed by atoms with van der Waals surface area (Å²) in [6, 6.07) is 13.7. The first-order valence-electron chi connectivity index (χ1n) is 8.65. The van der Waals surface area contributed by atoms with Gasteiger partial charge in [-0.1, -0.05) is 11.6 Å². The molecule has 0 spiro atoms. The molecule has 0 aliphatic carbocycles. The summed E-state index contributed by atoms with van der Waals surface area (Å²) in [4.78, 5) is 23.3. The van der Waals surface area contributed by atoms with Gasteiger partial charge < -0.3 is 14.8 Å². The van der Waals surface area contributed by atoms with Gasteiger partial charge in [0.25, 0.3) is 11.8 Å². The van der Waals surface area contributed by atoms with Gasteiger partial charge in [-0.3, -0.25) is 9.59 Å². The molecular formula is C20H22ClN3O4. The molecule has 0 aliphatic heterocycles. The van der Waals surface area contributed by atoms with Crippen molar-refractivity contribution in [2.75, 3.05) is 13.2 Å². The largest absolute Gasteiger partial charge is 0.484 e. The highest BCUT2D eigenvalue weighted by molar-refractivity contribution is 6.30. The Labute approximate surface area is 168 Å². The zero-order valence-corrected chi connectivity index (χ0v) is 16.4. The minimum Gasteiger partial charge on any atom is -0.484 e. The van der Waals surface area contributed by atoms with Gasteiger partial charge in [0.15, 0.2) is 13.2 Å². The van der Waals surface area contributed by atoms with Crippen LogP contribution in [-0.4, -0.2) is 37.3 Å². The summed E-state index contributed by atoms with van der Waals surface area (Å²) >= 11 is 5.78. The topological polar surface area (TPSA) is 89.0 Å². The van der Waals surface area contributed by atoms with E-state index in [0.29, 0.717) is 16.5 Å². The zero-order chi connectivity index (χ0) is 20.4. The average Bonchev–Trinajstić information content (AvgIpc) is 2.66. The fraction of sp³-hybridized carbons (Fsp3) is 0.250. The van der Waals surface area contributed by atoms with Crippen LogP contribution in [0.3, 0.4) is 0 Å². The maximum absolute atomic E-state index is 11.7. The molecule has 0 aromatic heterocycles. The number of hydrazone groups is 1. The van der Waals surface area contributed by atoms with E-state index in [9.17, 15) is 9.59 Å². The summed E-state index contributed by atoms with van der Waals surface area (Å²) in [7, 11) is 0. The maximum Gasteiger partial charge on any atom is 0.277 e. The van der Waals surface area contributed by atoms with E-state index in [1.54, 1.807) is 48.5 Å². The second kappa shape index (κ2) is 10.9. The van der Waals surface area contributed by atoms with Gasteiger partial charge in [-0.15, -0.1) is 0 Å². The number of nitrogens with one attached hydrogen (secondary N) is 2. The number of ether oxygens (including phenoxy) is 2. The van der Waals surface area contributed by atoms with Gasteiger partial charge in [0.05, 0.1) is 6.21 Å². The zero-order valence-electron chi connectivity index (χ0n) is 15.6. The molecule has 0 radical (unpaired) electrons. The highest BCUT2D eigenvalue weighted by Crippen LogP contribution is 2.15. The molecule has 28 heavy (non-hydrogen) atoms. The lowest BCUT2D eigenvalue weighted by molar-refractivity contribution is -0.124. The van der Waals surface area contributed by atoms with Crippen molar-refractivity contribution < 1.29 is 19.1 Å². The molecule has 0 atom stereocenters. The number of amides is 2. The van der Waals surface area contributed by atoms with Gasteiger partial charge in [0, 0.05) is 11.1 Å². The van der Waals surface area contributed by atoms with Crippen molar-refractivity contribution in [1.82, 2.24) is 10.7 Å². The van der Waals surface area contributed by atoms with Crippen LogP contribution in [0.1, 0.15) is 19.4 Å². The molecule has 2 amide bonds. The van der Waals surface area contributed by atoms with Crippen molar-refractivity contribution in [3.8, 4) is 11.5 Å². The molecule has 2 aromatic rings. The normalized spacial score (nSPS) is 10.7. The molecule has 0 heterocycles. The van der Waals surface area contributed by atoms with Crippen LogP contribution in [0.15, 0.2) is 53.6 Å². The first kappa shape index (κ1) is 21.2. The van der Waals surface area contributed by atoms with Crippen LogP contribution in [0.4, 0.5) is 0 Å². The number of carbonyl (C=O) groups excluding carboxylic acids is 2. The molecule has 0 bridgehead atoms. The van der Waals surface area contributed by atoms with E-state index >= 15 is 0 Å². The lowest BCUT2D eigenvalue weighted by Gasteiger charge is -2.09. The minimum absolute atomic E-state index is 0.0463. The van der Waals surface area contributed by atoms with Crippen LogP contribution in [-0.2, 0) is 9.59 Å². The van der Waals surface area contributed by atoms with Crippen LogP contribution in [0.25, 0.3) is 0 Å². The van der Waals surface area contributed by atoms with E-state index in [1.807, 2.05) is 13.8 Å². The summed E-state index contributed by atoms with van der Waals surface area (Å²) in [6.45, 7) is 3.56. The number of hydrogen-bond acceptors (Lipinski definition) is 5. The Kier molecular flexibility index (Phi) is 8.30. The van der Waals surface area contributed by atoms with Gasteiger partial charge in [-0.25, -0.2) is 5.43 Å². The van der Waals surface area contributed by atoms with Crippen molar-refractivity contribution >= 4 is 29.6 Å². The van der Waals surface area contributed by atoms with Crippen molar-refractivity contribution in [3.63, 3.8) is 0 Å². The Bertz CT molecular complexity index is 805. The summed E-state index contributed by atoms with van der Waals surface area (Å²) in [5.74, 6) is 0.545. The molecule has 0 unspecified atom stereocenters.